The lowest BCUT2D eigenvalue weighted by molar-refractivity contribution is 0.530. The summed E-state index contributed by atoms with van der Waals surface area (Å²) in [6, 6.07) is 20.2. The highest BCUT2D eigenvalue weighted by Gasteiger charge is 2.11. The third-order valence-corrected chi connectivity index (χ3v) is 4.69. The topological polar surface area (TPSA) is 45.5 Å². The van der Waals surface area contributed by atoms with Gasteiger partial charge in [0.1, 0.15) is 5.69 Å². The molecule has 0 aliphatic carbocycles. The number of hydrogen-bond donors (Lipinski definition) is 1. The zero-order valence-corrected chi connectivity index (χ0v) is 17.1. The molecular formula is C22H25N5S. The maximum absolute atomic E-state index is 5.39. The summed E-state index contributed by atoms with van der Waals surface area (Å²) in [5.74, 6) is 0. The lowest BCUT2D eigenvalue weighted by Gasteiger charge is -2.15. The van der Waals surface area contributed by atoms with Crippen molar-refractivity contribution in [2.24, 2.45) is 5.10 Å². The number of benzene rings is 2. The van der Waals surface area contributed by atoms with Crippen molar-refractivity contribution >= 4 is 23.5 Å². The molecule has 0 aliphatic heterocycles. The van der Waals surface area contributed by atoms with Crippen LogP contribution in [0.4, 0.5) is 0 Å². The summed E-state index contributed by atoms with van der Waals surface area (Å²) < 4.78 is 1.88. The van der Waals surface area contributed by atoms with Gasteiger partial charge in [0.15, 0.2) is 5.11 Å². The smallest absolute Gasteiger partial charge is 0.189 e. The van der Waals surface area contributed by atoms with Crippen LogP contribution in [-0.2, 0) is 0 Å². The number of hydrazone groups is 1. The van der Waals surface area contributed by atoms with Gasteiger partial charge in [-0.2, -0.15) is 10.2 Å². The van der Waals surface area contributed by atoms with E-state index in [0.29, 0.717) is 5.11 Å². The lowest BCUT2D eigenvalue weighted by atomic mass is 10.1. The first-order valence-electron chi connectivity index (χ1n) is 9.45. The molecule has 0 saturated heterocycles. The molecule has 28 heavy (non-hydrogen) atoms. The molecule has 6 heteroatoms. The van der Waals surface area contributed by atoms with E-state index >= 15 is 0 Å². The van der Waals surface area contributed by atoms with Gasteiger partial charge in [-0.05, 0) is 30.8 Å². The van der Waals surface area contributed by atoms with Gasteiger partial charge >= 0.3 is 0 Å². The molecule has 0 spiro atoms. The van der Waals surface area contributed by atoms with Gasteiger partial charge in [0.05, 0.1) is 11.9 Å². The molecule has 0 fully saturated rings. The quantitative estimate of drug-likeness (QED) is 0.279. The standard InChI is InChI=1S/C22H25N5S/c1-3-4-15-23-22(28)26(2)24-16-19-17-27(20-13-9-6-10-14-20)25-21(19)18-11-7-5-8-12-18/h5-14,16-17H,3-4,15H2,1-2H3,(H,23,28)/b24-16-. The number of thiocarbonyl (C=S) groups is 1. The Labute approximate surface area is 171 Å². The number of unbranched alkanes of at least 4 members (excludes halogenated alkanes) is 1. The molecule has 0 aliphatic rings. The van der Waals surface area contributed by atoms with Crippen LogP contribution in [0.25, 0.3) is 16.9 Å². The molecule has 0 radical (unpaired) electrons. The van der Waals surface area contributed by atoms with E-state index in [1.54, 1.807) is 5.01 Å². The Morgan fingerprint density at radius 3 is 2.50 bits per heavy atom. The lowest BCUT2D eigenvalue weighted by Crippen LogP contribution is -2.34. The van der Waals surface area contributed by atoms with E-state index in [2.05, 4.69) is 29.5 Å². The van der Waals surface area contributed by atoms with Crippen molar-refractivity contribution in [3.05, 3.63) is 72.4 Å². The monoisotopic (exact) mass is 391 g/mol. The highest BCUT2D eigenvalue weighted by molar-refractivity contribution is 7.80. The Hall–Kier alpha value is -2.99. The molecule has 0 unspecified atom stereocenters. The van der Waals surface area contributed by atoms with E-state index in [-0.39, 0.29) is 0 Å². The molecule has 1 aromatic heterocycles. The normalized spacial score (nSPS) is 10.9. The number of hydrogen-bond acceptors (Lipinski definition) is 3. The fraction of sp³-hybridized carbons (Fsp3) is 0.227. The van der Waals surface area contributed by atoms with E-state index in [1.165, 1.54) is 0 Å². The SMILES string of the molecule is CCCCNC(=S)N(C)/N=C\c1cn(-c2ccccc2)nc1-c1ccccc1. The minimum Gasteiger partial charge on any atom is -0.361 e. The Kier molecular flexibility index (Phi) is 6.92. The van der Waals surface area contributed by atoms with Gasteiger partial charge in [0.2, 0.25) is 0 Å². The summed E-state index contributed by atoms with van der Waals surface area (Å²) in [4.78, 5) is 0. The summed E-state index contributed by atoms with van der Waals surface area (Å²) >= 11 is 5.39. The third-order valence-electron chi connectivity index (χ3n) is 4.28. The molecule has 5 nitrogen and oxygen atoms in total. The number of rotatable bonds is 7. The molecular weight excluding hydrogens is 366 g/mol. The molecule has 144 valence electrons. The van der Waals surface area contributed by atoms with Crippen LogP contribution in [0.1, 0.15) is 25.3 Å². The predicted octanol–water partition coefficient (Wildman–Crippen LogP) is 4.48. The van der Waals surface area contributed by atoms with Crippen molar-refractivity contribution in [2.45, 2.75) is 19.8 Å². The summed E-state index contributed by atoms with van der Waals surface area (Å²) in [5, 5.41) is 14.8. The van der Waals surface area contributed by atoms with Crippen LogP contribution in [0.2, 0.25) is 0 Å². The fourth-order valence-electron chi connectivity index (χ4n) is 2.70. The van der Waals surface area contributed by atoms with Crippen molar-refractivity contribution < 1.29 is 0 Å². The van der Waals surface area contributed by atoms with E-state index in [1.807, 2.05) is 72.7 Å². The Morgan fingerprint density at radius 2 is 1.82 bits per heavy atom. The molecule has 1 N–H and O–H groups in total. The van der Waals surface area contributed by atoms with Crippen molar-refractivity contribution in [3.8, 4) is 16.9 Å². The Bertz CT molecular complexity index is 919. The summed E-state index contributed by atoms with van der Waals surface area (Å²) in [6.07, 6.45) is 6.01. The van der Waals surface area contributed by atoms with Crippen LogP contribution in [-0.4, -0.2) is 39.7 Å². The molecule has 0 saturated carbocycles. The van der Waals surface area contributed by atoms with E-state index in [9.17, 15) is 0 Å². The number of aromatic nitrogens is 2. The maximum atomic E-state index is 5.39. The summed E-state index contributed by atoms with van der Waals surface area (Å²) in [6.45, 7) is 3.01. The van der Waals surface area contributed by atoms with E-state index in [0.717, 1.165) is 41.9 Å². The largest absolute Gasteiger partial charge is 0.361 e. The first-order valence-corrected chi connectivity index (χ1v) is 9.86. The zero-order valence-electron chi connectivity index (χ0n) is 16.2. The van der Waals surface area contributed by atoms with Crippen LogP contribution in [0.5, 0.6) is 0 Å². The minimum atomic E-state index is 0.612. The van der Waals surface area contributed by atoms with Gasteiger partial charge in [-0.15, -0.1) is 0 Å². The van der Waals surface area contributed by atoms with Crippen molar-refractivity contribution in [3.63, 3.8) is 0 Å². The number of nitrogens with one attached hydrogen (secondary N) is 1. The van der Waals surface area contributed by atoms with Crippen LogP contribution in [0.15, 0.2) is 72.0 Å². The maximum Gasteiger partial charge on any atom is 0.189 e. The predicted molar refractivity (Wildman–Crippen MR) is 120 cm³/mol. The molecule has 0 amide bonds. The van der Waals surface area contributed by atoms with Gasteiger partial charge in [-0.25, -0.2) is 9.69 Å². The van der Waals surface area contributed by atoms with E-state index in [4.69, 9.17) is 17.3 Å². The molecule has 1 heterocycles. The van der Waals surface area contributed by atoms with E-state index < -0.39 is 0 Å². The number of nitrogens with zero attached hydrogens (tertiary/aromatic N) is 4. The summed E-state index contributed by atoms with van der Waals surface area (Å²) in [7, 11) is 1.85. The van der Waals surface area contributed by atoms with Gasteiger partial charge in [-0.1, -0.05) is 61.9 Å². The zero-order chi connectivity index (χ0) is 19.8. The third kappa shape index (κ3) is 5.04. The average Bonchev–Trinajstić information content (AvgIpc) is 3.17. The molecule has 3 aromatic rings. The minimum absolute atomic E-state index is 0.612. The van der Waals surface area contributed by atoms with Gasteiger partial charge in [-0.3, -0.25) is 0 Å². The highest BCUT2D eigenvalue weighted by Crippen LogP contribution is 2.22. The Morgan fingerprint density at radius 1 is 1.14 bits per heavy atom. The van der Waals surface area contributed by atoms with Gasteiger partial charge in [0, 0.05) is 30.9 Å². The molecule has 0 atom stereocenters. The molecule has 0 bridgehead atoms. The molecule has 3 rings (SSSR count). The second-order valence-electron chi connectivity index (χ2n) is 6.43. The first kappa shape index (κ1) is 19.8. The van der Waals surface area contributed by atoms with Crippen molar-refractivity contribution in [1.29, 1.82) is 0 Å². The average molecular weight is 392 g/mol. The van der Waals surface area contributed by atoms with Crippen molar-refractivity contribution in [1.82, 2.24) is 20.1 Å². The summed E-state index contributed by atoms with van der Waals surface area (Å²) in [5.41, 5.74) is 3.86. The second-order valence-corrected chi connectivity index (χ2v) is 6.82. The fourth-order valence-corrected chi connectivity index (χ4v) is 2.85. The second kappa shape index (κ2) is 9.80. The highest BCUT2D eigenvalue weighted by atomic mass is 32.1. The molecule has 2 aromatic carbocycles. The first-order chi connectivity index (χ1) is 13.7. The van der Waals surface area contributed by atoms with Crippen LogP contribution < -0.4 is 5.32 Å². The van der Waals surface area contributed by atoms with Crippen LogP contribution in [0.3, 0.4) is 0 Å². The van der Waals surface area contributed by atoms with Crippen molar-refractivity contribution in [2.75, 3.05) is 13.6 Å². The number of para-hydroxylation sites is 1. The van der Waals surface area contributed by atoms with Gasteiger partial charge in [0.25, 0.3) is 0 Å². The van der Waals surface area contributed by atoms with Gasteiger partial charge < -0.3 is 5.32 Å². The Balaban J connectivity index is 1.86. The van der Waals surface area contributed by atoms with Crippen LogP contribution >= 0.6 is 12.2 Å². The van der Waals surface area contributed by atoms with Crippen LogP contribution in [0, 0.1) is 0 Å².